The van der Waals surface area contributed by atoms with Crippen molar-refractivity contribution in [2.24, 2.45) is 5.10 Å². The Morgan fingerprint density at radius 1 is 0.767 bits per heavy atom. The minimum Gasteiger partial charge on any atom is -0.318 e. The smallest absolute Gasteiger partial charge is 0.318 e. The average Bonchev–Trinajstić information content (AvgIpc) is 2.75. The van der Waals surface area contributed by atoms with Crippen LogP contribution in [-0.2, 0) is 9.59 Å². The van der Waals surface area contributed by atoms with Gasteiger partial charge in [-0.25, -0.2) is 5.43 Å². The van der Waals surface area contributed by atoms with Crippen LogP contribution in [-0.4, -0.2) is 18.0 Å². The van der Waals surface area contributed by atoms with Gasteiger partial charge in [0.1, 0.15) is 0 Å². The molecule has 0 aliphatic heterocycles. The van der Waals surface area contributed by atoms with E-state index in [1.807, 2.05) is 74.5 Å². The largest absolute Gasteiger partial charge is 0.329 e. The number of hydrogen-bond acceptors (Lipinski definition) is 3. The maximum atomic E-state index is 12.2. The van der Waals surface area contributed by atoms with Gasteiger partial charge in [-0.3, -0.25) is 9.59 Å². The number of aryl methyl sites for hydroxylation is 2. The summed E-state index contributed by atoms with van der Waals surface area (Å²) in [6.45, 7) is 3.93. The molecule has 0 spiro atoms. The van der Waals surface area contributed by atoms with Gasteiger partial charge in [0.2, 0.25) is 0 Å². The van der Waals surface area contributed by atoms with Gasteiger partial charge in [-0.2, -0.15) is 5.10 Å². The highest BCUT2D eigenvalue weighted by Gasteiger charge is 2.13. The molecule has 4 aromatic rings. The minimum absolute atomic E-state index is 0.572. The number of anilines is 1. The van der Waals surface area contributed by atoms with E-state index in [2.05, 4.69) is 21.9 Å². The van der Waals surface area contributed by atoms with Crippen LogP contribution in [0.25, 0.3) is 21.5 Å². The molecule has 0 atom stereocenters. The van der Waals surface area contributed by atoms with Crippen molar-refractivity contribution >= 4 is 45.3 Å². The second kappa shape index (κ2) is 8.17. The Bertz CT molecular complexity index is 1250. The number of hydrogen-bond donors (Lipinski definition) is 2. The standard InChI is InChI=1S/C25H21N3O2/c1-16-11-12-20(13-17(16)2)27-24(29)25(30)28-26-15-23-21-9-5-3-7-18(21)14-19-8-4-6-10-22(19)23/h3-15H,1-2H3,(H,27,29)(H,28,30)/b26-15-. The first-order chi connectivity index (χ1) is 14.5. The predicted octanol–water partition coefficient (Wildman–Crippen LogP) is 4.70. The van der Waals surface area contributed by atoms with Gasteiger partial charge in [0, 0.05) is 11.3 Å². The fourth-order valence-corrected chi connectivity index (χ4v) is 3.40. The summed E-state index contributed by atoms with van der Waals surface area (Å²) < 4.78 is 0. The third-order valence-electron chi connectivity index (χ3n) is 5.14. The van der Waals surface area contributed by atoms with Crippen LogP contribution in [0.4, 0.5) is 5.69 Å². The normalized spacial score (nSPS) is 11.1. The number of benzene rings is 4. The SMILES string of the molecule is Cc1ccc(NC(=O)C(=O)N/N=C\c2c3ccccc3cc3ccccc23)cc1C. The molecule has 0 saturated carbocycles. The van der Waals surface area contributed by atoms with Gasteiger partial charge in [0.25, 0.3) is 0 Å². The van der Waals surface area contributed by atoms with E-state index in [1.165, 1.54) is 0 Å². The zero-order chi connectivity index (χ0) is 21.1. The molecule has 148 valence electrons. The van der Waals surface area contributed by atoms with E-state index < -0.39 is 11.8 Å². The fraction of sp³-hybridized carbons (Fsp3) is 0.0800. The summed E-state index contributed by atoms with van der Waals surface area (Å²) in [5, 5.41) is 10.8. The molecule has 2 N–H and O–H groups in total. The summed E-state index contributed by atoms with van der Waals surface area (Å²) in [5.74, 6) is -1.59. The number of rotatable bonds is 3. The van der Waals surface area contributed by atoms with E-state index >= 15 is 0 Å². The van der Waals surface area contributed by atoms with E-state index in [0.717, 1.165) is 38.2 Å². The van der Waals surface area contributed by atoms with Crippen LogP contribution >= 0.6 is 0 Å². The van der Waals surface area contributed by atoms with Crippen molar-refractivity contribution in [2.45, 2.75) is 13.8 Å². The van der Waals surface area contributed by atoms with Crippen LogP contribution in [0, 0.1) is 13.8 Å². The summed E-state index contributed by atoms with van der Waals surface area (Å²) in [4.78, 5) is 24.4. The summed E-state index contributed by atoms with van der Waals surface area (Å²) in [7, 11) is 0. The second-order valence-electron chi connectivity index (χ2n) is 7.18. The van der Waals surface area contributed by atoms with Crippen LogP contribution in [0.1, 0.15) is 16.7 Å². The van der Waals surface area contributed by atoms with Crippen molar-refractivity contribution in [1.82, 2.24) is 5.43 Å². The first-order valence-electron chi connectivity index (χ1n) is 9.65. The van der Waals surface area contributed by atoms with Gasteiger partial charge in [-0.1, -0.05) is 54.6 Å². The Balaban J connectivity index is 1.55. The third-order valence-corrected chi connectivity index (χ3v) is 5.14. The topological polar surface area (TPSA) is 70.6 Å². The zero-order valence-electron chi connectivity index (χ0n) is 16.8. The van der Waals surface area contributed by atoms with Crippen LogP contribution in [0.3, 0.4) is 0 Å². The minimum atomic E-state index is -0.825. The highest BCUT2D eigenvalue weighted by molar-refractivity contribution is 6.39. The highest BCUT2D eigenvalue weighted by atomic mass is 16.2. The van der Waals surface area contributed by atoms with Gasteiger partial charge in [-0.05, 0) is 64.7 Å². The lowest BCUT2D eigenvalue weighted by Gasteiger charge is -2.08. The maximum absolute atomic E-state index is 12.2. The predicted molar refractivity (Wildman–Crippen MR) is 122 cm³/mol. The molecule has 0 aliphatic rings. The van der Waals surface area contributed by atoms with E-state index in [9.17, 15) is 9.59 Å². The highest BCUT2D eigenvalue weighted by Crippen LogP contribution is 2.27. The molecule has 0 saturated heterocycles. The molecule has 5 nitrogen and oxygen atoms in total. The Labute approximate surface area is 174 Å². The fourth-order valence-electron chi connectivity index (χ4n) is 3.40. The van der Waals surface area contributed by atoms with Crippen molar-refractivity contribution < 1.29 is 9.59 Å². The van der Waals surface area contributed by atoms with Crippen molar-refractivity contribution in [1.29, 1.82) is 0 Å². The molecular formula is C25H21N3O2. The Hall–Kier alpha value is -3.99. The van der Waals surface area contributed by atoms with Crippen molar-refractivity contribution in [3.8, 4) is 0 Å². The lowest BCUT2D eigenvalue weighted by molar-refractivity contribution is -0.136. The van der Waals surface area contributed by atoms with Crippen LogP contribution in [0.15, 0.2) is 77.9 Å². The molecule has 5 heteroatoms. The number of nitrogens with zero attached hydrogens (tertiary/aromatic N) is 1. The summed E-state index contributed by atoms with van der Waals surface area (Å²) in [6, 6.07) is 23.6. The molecule has 4 rings (SSSR count). The molecular weight excluding hydrogens is 374 g/mol. The first kappa shape index (κ1) is 19.3. The zero-order valence-corrected chi connectivity index (χ0v) is 16.8. The molecule has 0 unspecified atom stereocenters. The van der Waals surface area contributed by atoms with Gasteiger partial charge in [0.15, 0.2) is 0 Å². The van der Waals surface area contributed by atoms with Crippen molar-refractivity contribution in [3.05, 3.63) is 89.5 Å². The van der Waals surface area contributed by atoms with Crippen LogP contribution < -0.4 is 10.7 Å². The van der Waals surface area contributed by atoms with E-state index in [1.54, 1.807) is 12.3 Å². The number of hydrazone groups is 1. The lowest BCUT2D eigenvalue weighted by Crippen LogP contribution is -2.32. The first-order valence-corrected chi connectivity index (χ1v) is 9.65. The molecule has 2 amide bonds. The quantitative estimate of drug-likeness (QED) is 0.228. The molecule has 0 heterocycles. The Kier molecular flexibility index (Phi) is 5.26. The van der Waals surface area contributed by atoms with Crippen molar-refractivity contribution in [2.75, 3.05) is 5.32 Å². The number of nitrogens with one attached hydrogen (secondary N) is 2. The molecule has 30 heavy (non-hydrogen) atoms. The maximum Gasteiger partial charge on any atom is 0.329 e. The number of carbonyl (C=O) groups is 2. The monoisotopic (exact) mass is 395 g/mol. The Morgan fingerprint density at radius 3 is 2.03 bits per heavy atom. The number of carbonyl (C=O) groups excluding carboxylic acids is 2. The molecule has 0 fully saturated rings. The number of amides is 2. The summed E-state index contributed by atoms with van der Waals surface area (Å²) in [5.41, 5.74) is 5.94. The number of fused-ring (bicyclic) bond motifs is 2. The van der Waals surface area contributed by atoms with E-state index in [-0.39, 0.29) is 0 Å². The summed E-state index contributed by atoms with van der Waals surface area (Å²) in [6.07, 6.45) is 1.59. The second-order valence-corrected chi connectivity index (χ2v) is 7.18. The molecule has 0 bridgehead atoms. The van der Waals surface area contributed by atoms with Crippen LogP contribution in [0.2, 0.25) is 0 Å². The van der Waals surface area contributed by atoms with Gasteiger partial charge >= 0.3 is 11.8 Å². The lowest BCUT2D eigenvalue weighted by atomic mass is 9.97. The third kappa shape index (κ3) is 3.91. The molecule has 0 aromatic heterocycles. The van der Waals surface area contributed by atoms with Gasteiger partial charge in [-0.15, -0.1) is 0 Å². The molecule has 0 aliphatic carbocycles. The van der Waals surface area contributed by atoms with Gasteiger partial charge < -0.3 is 5.32 Å². The summed E-state index contributed by atoms with van der Waals surface area (Å²) >= 11 is 0. The Morgan fingerprint density at radius 2 is 1.40 bits per heavy atom. The average molecular weight is 395 g/mol. The van der Waals surface area contributed by atoms with E-state index in [0.29, 0.717) is 5.69 Å². The van der Waals surface area contributed by atoms with E-state index in [4.69, 9.17) is 0 Å². The van der Waals surface area contributed by atoms with Crippen molar-refractivity contribution in [3.63, 3.8) is 0 Å². The molecule has 0 radical (unpaired) electrons. The van der Waals surface area contributed by atoms with Crippen LogP contribution in [0.5, 0.6) is 0 Å². The van der Waals surface area contributed by atoms with Gasteiger partial charge in [0.05, 0.1) is 6.21 Å². The molecule has 4 aromatic carbocycles.